The van der Waals surface area contributed by atoms with Crippen LogP contribution in [0.1, 0.15) is 23.7 Å². The first kappa shape index (κ1) is 15.0. The van der Waals surface area contributed by atoms with Crippen LogP contribution in [-0.2, 0) is 6.42 Å². The summed E-state index contributed by atoms with van der Waals surface area (Å²) in [7, 11) is 0. The van der Waals surface area contributed by atoms with Crippen molar-refractivity contribution in [2.75, 3.05) is 0 Å². The van der Waals surface area contributed by atoms with E-state index in [4.69, 9.17) is 0 Å². The first-order valence-electron chi connectivity index (χ1n) is 7.69. The van der Waals surface area contributed by atoms with Crippen LogP contribution in [-0.4, -0.2) is 16.0 Å². The maximum atomic E-state index is 12.6. The lowest BCUT2D eigenvalue weighted by molar-refractivity contribution is 0.835. The number of para-hydroxylation sites is 1. The maximum absolute atomic E-state index is 12.6. The predicted octanol–water partition coefficient (Wildman–Crippen LogP) is 3.79. The van der Waals surface area contributed by atoms with Gasteiger partial charge >= 0.3 is 0 Å². The summed E-state index contributed by atoms with van der Waals surface area (Å²) in [6.45, 7) is 4.00. The fourth-order valence-electron chi connectivity index (χ4n) is 2.43. The number of aryl methyl sites for hydroxylation is 2. The van der Waals surface area contributed by atoms with Crippen LogP contribution in [0.25, 0.3) is 5.69 Å². The van der Waals surface area contributed by atoms with Crippen LogP contribution >= 0.6 is 0 Å². The van der Waals surface area contributed by atoms with E-state index in [2.05, 4.69) is 29.1 Å². The third-order valence-corrected chi connectivity index (χ3v) is 3.82. The minimum atomic E-state index is -0.0948. The Balaban J connectivity index is 1.93. The van der Waals surface area contributed by atoms with Crippen molar-refractivity contribution in [2.24, 2.45) is 4.99 Å². The van der Waals surface area contributed by atoms with Gasteiger partial charge in [0, 0.05) is 11.9 Å². The zero-order valence-electron chi connectivity index (χ0n) is 13.3. The molecule has 0 aliphatic rings. The van der Waals surface area contributed by atoms with Gasteiger partial charge in [-0.05, 0) is 43.2 Å². The van der Waals surface area contributed by atoms with E-state index < -0.39 is 0 Å². The van der Waals surface area contributed by atoms with Crippen molar-refractivity contribution < 1.29 is 0 Å². The van der Waals surface area contributed by atoms with Crippen molar-refractivity contribution in [2.45, 2.75) is 20.3 Å². The molecule has 0 fully saturated rings. The zero-order valence-corrected chi connectivity index (χ0v) is 13.3. The van der Waals surface area contributed by atoms with Gasteiger partial charge in [-0.25, -0.2) is 4.68 Å². The Hall–Kier alpha value is -2.88. The van der Waals surface area contributed by atoms with E-state index in [0.717, 1.165) is 23.5 Å². The van der Waals surface area contributed by atoms with Crippen molar-refractivity contribution >= 4 is 11.9 Å². The van der Waals surface area contributed by atoms with E-state index in [1.165, 1.54) is 10.2 Å². The summed E-state index contributed by atoms with van der Waals surface area (Å²) in [6.07, 6.45) is 2.64. The fourth-order valence-corrected chi connectivity index (χ4v) is 2.43. The second-order valence-electron chi connectivity index (χ2n) is 5.40. The molecule has 1 aromatic heterocycles. The molecule has 0 spiro atoms. The van der Waals surface area contributed by atoms with Crippen molar-refractivity contribution in [3.05, 3.63) is 81.8 Å². The third-order valence-electron chi connectivity index (χ3n) is 3.82. The van der Waals surface area contributed by atoms with Crippen molar-refractivity contribution in [1.82, 2.24) is 9.78 Å². The number of H-pyrrole nitrogens is 1. The summed E-state index contributed by atoms with van der Waals surface area (Å²) in [5.74, 6) is 0. The summed E-state index contributed by atoms with van der Waals surface area (Å²) >= 11 is 0. The van der Waals surface area contributed by atoms with E-state index in [1.54, 1.807) is 6.21 Å². The van der Waals surface area contributed by atoms with Gasteiger partial charge in [0.2, 0.25) is 0 Å². The average molecular weight is 305 g/mol. The van der Waals surface area contributed by atoms with Crippen LogP contribution in [0.3, 0.4) is 0 Å². The SMILES string of the molecule is CCc1ccc(N=Cc2c(C)[nH]n(-c3ccccc3)c2=O)cc1. The van der Waals surface area contributed by atoms with Crippen molar-refractivity contribution in [1.29, 1.82) is 0 Å². The normalized spacial score (nSPS) is 11.2. The molecule has 116 valence electrons. The molecule has 1 N–H and O–H groups in total. The fraction of sp³-hybridized carbons (Fsp3) is 0.158. The molecule has 0 saturated carbocycles. The molecule has 0 unspecified atom stereocenters. The van der Waals surface area contributed by atoms with Gasteiger partial charge in [0.1, 0.15) is 0 Å². The summed E-state index contributed by atoms with van der Waals surface area (Å²) in [6, 6.07) is 17.6. The molecule has 0 saturated heterocycles. The highest BCUT2D eigenvalue weighted by Gasteiger charge is 2.10. The Morgan fingerprint density at radius 2 is 1.78 bits per heavy atom. The highest BCUT2D eigenvalue weighted by atomic mass is 16.1. The topological polar surface area (TPSA) is 50.1 Å². The number of nitrogens with zero attached hydrogens (tertiary/aromatic N) is 2. The summed E-state index contributed by atoms with van der Waals surface area (Å²) in [5.41, 5.74) is 4.21. The molecule has 4 nitrogen and oxygen atoms in total. The van der Waals surface area contributed by atoms with Gasteiger partial charge in [0.05, 0.1) is 16.9 Å². The van der Waals surface area contributed by atoms with Crippen LogP contribution in [0.2, 0.25) is 0 Å². The third kappa shape index (κ3) is 3.16. The number of aromatic nitrogens is 2. The van der Waals surface area contributed by atoms with Crippen molar-refractivity contribution in [3.63, 3.8) is 0 Å². The van der Waals surface area contributed by atoms with Crippen LogP contribution < -0.4 is 5.56 Å². The van der Waals surface area contributed by atoms with E-state index in [0.29, 0.717) is 5.56 Å². The van der Waals surface area contributed by atoms with Gasteiger partial charge in [-0.3, -0.25) is 14.9 Å². The van der Waals surface area contributed by atoms with Gasteiger partial charge in [0.15, 0.2) is 0 Å². The van der Waals surface area contributed by atoms with Gasteiger partial charge in [-0.1, -0.05) is 37.3 Å². The molecule has 4 heteroatoms. The van der Waals surface area contributed by atoms with E-state index in [1.807, 2.05) is 49.4 Å². The minimum Gasteiger partial charge on any atom is -0.295 e. The molecule has 0 amide bonds. The van der Waals surface area contributed by atoms with Gasteiger partial charge in [-0.2, -0.15) is 0 Å². The molecule has 3 aromatic rings. The lowest BCUT2D eigenvalue weighted by atomic mass is 10.1. The molecule has 0 aliphatic heterocycles. The molecule has 1 heterocycles. The second-order valence-corrected chi connectivity index (χ2v) is 5.40. The van der Waals surface area contributed by atoms with E-state index >= 15 is 0 Å². The number of hydrogen-bond donors (Lipinski definition) is 1. The standard InChI is InChI=1S/C19H19N3O/c1-3-15-9-11-16(12-10-15)20-13-18-14(2)21-22(19(18)23)17-7-5-4-6-8-17/h4-13,21H,3H2,1-2H3. The van der Waals surface area contributed by atoms with Gasteiger partial charge < -0.3 is 0 Å². The molecular formula is C19H19N3O. The molecule has 0 aliphatic carbocycles. The van der Waals surface area contributed by atoms with Gasteiger partial charge in [-0.15, -0.1) is 0 Å². The van der Waals surface area contributed by atoms with Gasteiger partial charge in [0.25, 0.3) is 5.56 Å². The lowest BCUT2D eigenvalue weighted by Gasteiger charge is -1.99. The lowest BCUT2D eigenvalue weighted by Crippen LogP contribution is -2.17. The Morgan fingerprint density at radius 1 is 1.09 bits per heavy atom. The first-order valence-corrected chi connectivity index (χ1v) is 7.69. The Labute approximate surface area is 135 Å². The number of rotatable bonds is 4. The average Bonchev–Trinajstić information content (AvgIpc) is 2.88. The number of hydrogen-bond acceptors (Lipinski definition) is 2. The first-order chi connectivity index (χ1) is 11.2. The molecule has 2 aromatic carbocycles. The highest BCUT2D eigenvalue weighted by molar-refractivity contribution is 5.83. The largest absolute Gasteiger partial charge is 0.295 e. The van der Waals surface area contributed by atoms with Crippen molar-refractivity contribution in [3.8, 4) is 5.69 Å². The van der Waals surface area contributed by atoms with E-state index in [-0.39, 0.29) is 5.56 Å². The van der Waals surface area contributed by atoms with Crippen LogP contribution in [0.5, 0.6) is 0 Å². The number of nitrogens with one attached hydrogen (secondary N) is 1. The quantitative estimate of drug-likeness (QED) is 0.733. The monoisotopic (exact) mass is 305 g/mol. The number of aliphatic imine (C=N–C) groups is 1. The maximum Gasteiger partial charge on any atom is 0.280 e. The Kier molecular flexibility index (Phi) is 4.24. The van der Waals surface area contributed by atoms with Crippen LogP contribution in [0.4, 0.5) is 5.69 Å². The van der Waals surface area contributed by atoms with Crippen LogP contribution in [0, 0.1) is 6.92 Å². The Bertz CT molecular complexity index is 871. The van der Waals surface area contributed by atoms with E-state index in [9.17, 15) is 4.79 Å². The molecule has 0 radical (unpaired) electrons. The molecule has 3 rings (SSSR count). The summed E-state index contributed by atoms with van der Waals surface area (Å²) in [4.78, 5) is 17.0. The summed E-state index contributed by atoms with van der Waals surface area (Å²) < 4.78 is 1.54. The molecule has 0 atom stereocenters. The highest BCUT2D eigenvalue weighted by Crippen LogP contribution is 2.13. The number of benzene rings is 2. The molecule has 23 heavy (non-hydrogen) atoms. The molecular weight excluding hydrogens is 286 g/mol. The Morgan fingerprint density at radius 3 is 2.43 bits per heavy atom. The smallest absolute Gasteiger partial charge is 0.280 e. The summed E-state index contributed by atoms with van der Waals surface area (Å²) in [5, 5.41) is 3.10. The molecule has 0 bridgehead atoms. The zero-order chi connectivity index (χ0) is 16.2. The minimum absolute atomic E-state index is 0.0948. The number of aromatic amines is 1. The second kappa shape index (κ2) is 6.48. The van der Waals surface area contributed by atoms with Crippen LogP contribution in [0.15, 0.2) is 64.4 Å². The predicted molar refractivity (Wildman–Crippen MR) is 94.2 cm³/mol.